The molecule has 0 spiro atoms. The molecule has 160 valence electrons. The van der Waals surface area contributed by atoms with Crippen LogP contribution in [0.5, 0.6) is 0 Å². The van der Waals surface area contributed by atoms with E-state index in [9.17, 15) is 18.0 Å². The molecule has 3 rings (SSSR count). The van der Waals surface area contributed by atoms with Gasteiger partial charge in [-0.05, 0) is 66.6 Å². The summed E-state index contributed by atoms with van der Waals surface area (Å²) < 4.78 is 26.2. The lowest BCUT2D eigenvalue weighted by molar-refractivity contribution is -0.127. The first-order valence-corrected chi connectivity index (χ1v) is 11.9. The van der Waals surface area contributed by atoms with Gasteiger partial charge in [-0.25, -0.2) is 8.42 Å². The zero-order valence-electron chi connectivity index (χ0n) is 17.4. The second-order valence-corrected chi connectivity index (χ2v) is 11.2. The zero-order chi connectivity index (χ0) is 22.1. The molecule has 0 N–H and O–H groups in total. The average Bonchev–Trinajstić information content (AvgIpc) is 2.89. The number of likely N-dealkylation sites (tertiary alicyclic amines) is 1. The molecule has 2 aromatic rings. The van der Waals surface area contributed by atoms with Gasteiger partial charge in [-0.1, -0.05) is 44.5 Å². The molecule has 1 aliphatic heterocycles. The van der Waals surface area contributed by atoms with Crippen LogP contribution in [0.4, 0.5) is 0 Å². The summed E-state index contributed by atoms with van der Waals surface area (Å²) in [4.78, 5) is 27.4. The fourth-order valence-electron chi connectivity index (χ4n) is 3.55. The molecule has 1 aliphatic rings. The zero-order valence-corrected chi connectivity index (χ0v) is 19.0. The van der Waals surface area contributed by atoms with E-state index in [1.165, 1.54) is 24.3 Å². The van der Waals surface area contributed by atoms with Crippen LogP contribution in [0.15, 0.2) is 53.4 Å². The number of halogens is 1. The lowest BCUT2D eigenvalue weighted by Crippen LogP contribution is -2.45. The van der Waals surface area contributed by atoms with Gasteiger partial charge in [0.25, 0.3) is 5.91 Å². The standard InChI is InChI=1S/C23H26ClNO4S/c1-23(2,3)17-9-7-16(8-10-17)21(26)25-15-5-4-6-20(22(25)27)30(28,29)19-13-11-18(24)12-14-19/h7-14,20H,4-6,15H2,1-3H3. The molecule has 0 aromatic heterocycles. The van der Waals surface area contributed by atoms with Crippen LogP contribution in [-0.4, -0.2) is 36.9 Å². The number of rotatable bonds is 3. The number of imide groups is 1. The molecule has 0 radical (unpaired) electrons. The highest BCUT2D eigenvalue weighted by molar-refractivity contribution is 7.92. The quantitative estimate of drug-likeness (QED) is 0.643. The van der Waals surface area contributed by atoms with Crippen molar-refractivity contribution in [3.05, 3.63) is 64.7 Å². The van der Waals surface area contributed by atoms with Crippen LogP contribution in [-0.2, 0) is 20.0 Å². The van der Waals surface area contributed by atoms with E-state index in [2.05, 4.69) is 20.8 Å². The minimum Gasteiger partial charge on any atom is -0.277 e. The summed E-state index contributed by atoms with van der Waals surface area (Å²) in [6.45, 7) is 6.45. The molecule has 1 unspecified atom stereocenters. The summed E-state index contributed by atoms with van der Waals surface area (Å²) in [5.74, 6) is -1.12. The SMILES string of the molecule is CC(C)(C)c1ccc(C(=O)N2CCCCC(S(=O)(=O)c3ccc(Cl)cc3)C2=O)cc1. The van der Waals surface area contributed by atoms with Crippen molar-refractivity contribution in [1.82, 2.24) is 4.90 Å². The largest absolute Gasteiger partial charge is 0.277 e. The normalized spacial score (nSPS) is 18.2. The summed E-state index contributed by atoms with van der Waals surface area (Å²) >= 11 is 5.86. The Kier molecular flexibility index (Phi) is 6.39. The van der Waals surface area contributed by atoms with E-state index in [1.54, 1.807) is 12.1 Å². The van der Waals surface area contributed by atoms with Crippen molar-refractivity contribution < 1.29 is 18.0 Å². The smallest absolute Gasteiger partial charge is 0.260 e. The number of sulfone groups is 1. The molecule has 7 heteroatoms. The van der Waals surface area contributed by atoms with Gasteiger partial charge in [-0.3, -0.25) is 14.5 Å². The van der Waals surface area contributed by atoms with Crippen molar-refractivity contribution in [1.29, 1.82) is 0 Å². The van der Waals surface area contributed by atoms with Gasteiger partial charge in [0.1, 0.15) is 5.25 Å². The fourth-order valence-corrected chi connectivity index (χ4v) is 5.39. The third kappa shape index (κ3) is 4.60. The second kappa shape index (κ2) is 8.52. The van der Waals surface area contributed by atoms with Crippen molar-refractivity contribution in [2.24, 2.45) is 0 Å². The van der Waals surface area contributed by atoms with Gasteiger partial charge in [-0.2, -0.15) is 0 Å². The van der Waals surface area contributed by atoms with Crippen LogP contribution in [0, 0.1) is 0 Å². The Labute approximate surface area is 183 Å². The molecule has 2 amide bonds. The number of carbonyl (C=O) groups is 2. The molecule has 1 saturated heterocycles. The third-order valence-electron chi connectivity index (χ3n) is 5.40. The van der Waals surface area contributed by atoms with Gasteiger partial charge in [0.15, 0.2) is 9.84 Å². The van der Waals surface area contributed by atoms with Crippen LogP contribution in [0.25, 0.3) is 0 Å². The Morgan fingerprint density at radius 1 is 1.00 bits per heavy atom. The van der Waals surface area contributed by atoms with E-state index in [0.29, 0.717) is 23.4 Å². The van der Waals surface area contributed by atoms with Gasteiger partial charge in [0.2, 0.25) is 5.91 Å². The highest BCUT2D eigenvalue weighted by Crippen LogP contribution is 2.27. The first-order valence-electron chi connectivity index (χ1n) is 9.97. The molecular weight excluding hydrogens is 422 g/mol. The lowest BCUT2D eigenvalue weighted by atomic mass is 9.86. The predicted molar refractivity (Wildman–Crippen MR) is 117 cm³/mol. The van der Waals surface area contributed by atoms with E-state index in [-0.39, 0.29) is 23.3 Å². The van der Waals surface area contributed by atoms with E-state index in [4.69, 9.17) is 11.6 Å². The van der Waals surface area contributed by atoms with Crippen LogP contribution in [0.3, 0.4) is 0 Å². The monoisotopic (exact) mass is 447 g/mol. The molecule has 0 saturated carbocycles. The van der Waals surface area contributed by atoms with Crippen LogP contribution in [0.2, 0.25) is 5.02 Å². The molecular formula is C23H26ClNO4S. The Bertz CT molecular complexity index is 1040. The summed E-state index contributed by atoms with van der Waals surface area (Å²) in [6, 6.07) is 12.9. The van der Waals surface area contributed by atoms with Gasteiger partial charge in [-0.15, -0.1) is 0 Å². The van der Waals surface area contributed by atoms with E-state index >= 15 is 0 Å². The predicted octanol–water partition coefficient (Wildman–Crippen LogP) is 4.63. The Hall–Kier alpha value is -2.18. The van der Waals surface area contributed by atoms with E-state index in [1.807, 2.05) is 12.1 Å². The number of hydrogen-bond acceptors (Lipinski definition) is 4. The molecule has 0 aliphatic carbocycles. The molecule has 2 aromatic carbocycles. The summed E-state index contributed by atoms with van der Waals surface area (Å²) in [5, 5.41) is -0.865. The van der Waals surface area contributed by atoms with Gasteiger partial charge in [0, 0.05) is 17.1 Å². The lowest BCUT2D eigenvalue weighted by Gasteiger charge is -2.24. The summed E-state index contributed by atoms with van der Waals surface area (Å²) in [6.07, 6.45) is 1.32. The van der Waals surface area contributed by atoms with Crippen LogP contribution >= 0.6 is 11.6 Å². The first-order chi connectivity index (χ1) is 14.0. The van der Waals surface area contributed by atoms with Crippen molar-refractivity contribution in [2.45, 2.75) is 55.6 Å². The van der Waals surface area contributed by atoms with Crippen LogP contribution < -0.4 is 0 Å². The minimum atomic E-state index is -3.93. The van der Waals surface area contributed by atoms with Crippen molar-refractivity contribution >= 4 is 33.3 Å². The van der Waals surface area contributed by atoms with Crippen molar-refractivity contribution in [3.8, 4) is 0 Å². The minimum absolute atomic E-state index is 0.0362. The molecule has 0 bridgehead atoms. The van der Waals surface area contributed by atoms with E-state index in [0.717, 1.165) is 10.5 Å². The average molecular weight is 448 g/mol. The number of hydrogen-bond donors (Lipinski definition) is 0. The van der Waals surface area contributed by atoms with Crippen LogP contribution in [0.1, 0.15) is 56.0 Å². The Morgan fingerprint density at radius 2 is 1.60 bits per heavy atom. The summed E-state index contributed by atoms with van der Waals surface area (Å²) in [5.41, 5.74) is 1.39. The maximum atomic E-state index is 13.2. The van der Waals surface area contributed by atoms with Crippen molar-refractivity contribution in [2.75, 3.05) is 6.54 Å². The molecule has 1 atom stereocenters. The molecule has 1 heterocycles. The number of nitrogens with zero attached hydrogens (tertiary/aromatic N) is 1. The number of amides is 2. The molecule has 30 heavy (non-hydrogen) atoms. The Morgan fingerprint density at radius 3 is 2.17 bits per heavy atom. The first kappa shape index (κ1) is 22.5. The maximum absolute atomic E-state index is 13.2. The Balaban J connectivity index is 1.89. The van der Waals surface area contributed by atoms with E-state index < -0.39 is 26.9 Å². The maximum Gasteiger partial charge on any atom is 0.260 e. The molecule has 1 fully saturated rings. The third-order valence-corrected chi connectivity index (χ3v) is 7.77. The topological polar surface area (TPSA) is 71.5 Å². The molecule has 5 nitrogen and oxygen atoms in total. The highest BCUT2D eigenvalue weighted by Gasteiger charge is 2.40. The van der Waals surface area contributed by atoms with Gasteiger partial charge >= 0.3 is 0 Å². The fraction of sp³-hybridized carbons (Fsp3) is 0.391. The summed E-state index contributed by atoms with van der Waals surface area (Å²) in [7, 11) is -3.93. The number of benzene rings is 2. The highest BCUT2D eigenvalue weighted by atomic mass is 35.5. The van der Waals surface area contributed by atoms with Gasteiger partial charge in [0.05, 0.1) is 4.90 Å². The van der Waals surface area contributed by atoms with Crippen molar-refractivity contribution in [3.63, 3.8) is 0 Å². The number of carbonyl (C=O) groups excluding carboxylic acids is 2. The second-order valence-electron chi connectivity index (χ2n) is 8.61. The van der Waals surface area contributed by atoms with Gasteiger partial charge < -0.3 is 0 Å².